The first-order chi connectivity index (χ1) is 11.7. The van der Waals surface area contributed by atoms with Crippen molar-refractivity contribution in [1.29, 1.82) is 5.26 Å². The van der Waals surface area contributed by atoms with Gasteiger partial charge in [0, 0.05) is 25.9 Å². The van der Waals surface area contributed by atoms with Crippen LogP contribution in [0.25, 0.3) is 11.0 Å². The van der Waals surface area contributed by atoms with Crippen LogP contribution in [0.3, 0.4) is 0 Å². The normalized spacial score (nSPS) is 11.7. The topological polar surface area (TPSA) is 93.6 Å². The first-order valence-electron chi connectivity index (χ1n) is 8.16. The van der Waals surface area contributed by atoms with Crippen LogP contribution >= 0.6 is 11.8 Å². The van der Waals surface area contributed by atoms with E-state index in [1.807, 2.05) is 20.8 Å². The number of aryl methyl sites for hydroxylation is 1. The lowest BCUT2D eigenvalue weighted by Crippen LogP contribution is -2.38. The number of nitrogens with zero attached hydrogens (tertiary/aromatic N) is 5. The van der Waals surface area contributed by atoms with E-state index < -0.39 is 5.69 Å². The van der Waals surface area contributed by atoms with Crippen molar-refractivity contribution in [3.63, 3.8) is 0 Å². The summed E-state index contributed by atoms with van der Waals surface area (Å²) in [5.74, 6) is 1.35. The van der Waals surface area contributed by atoms with Gasteiger partial charge in [0.25, 0.3) is 5.56 Å². The average molecular weight is 361 g/mol. The molecule has 0 spiro atoms. The van der Waals surface area contributed by atoms with E-state index in [4.69, 9.17) is 5.26 Å². The van der Waals surface area contributed by atoms with Gasteiger partial charge in [-0.1, -0.05) is 20.8 Å². The minimum atomic E-state index is -0.402. The highest BCUT2D eigenvalue weighted by Crippen LogP contribution is 2.27. The molecular weight excluding hydrogens is 338 g/mol. The number of hydrogen-bond acceptors (Lipinski definition) is 6. The maximum absolute atomic E-state index is 12.6. The third-order valence-electron chi connectivity index (χ3n) is 3.86. The molecule has 2 aromatic heterocycles. The number of rotatable bonds is 5. The summed E-state index contributed by atoms with van der Waals surface area (Å²) in [5, 5.41) is 9.60. The van der Waals surface area contributed by atoms with E-state index in [0.29, 0.717) is 28.3 Å². The van der Waals surface area contributed by atoms with Crippen molar-refractivity contribution in [1.82, 2.24) is 19.1 Å². The molecule has 0 bridgehead atoms. The Morgan fingerprint density at radius 3 is 2.40 bits per heavy atom. The van der Waals surface area contributed by atoms with Crippen LogP contribution in [0, 0.1) is 11.3 Å². The van der Waals surface area contributed by atoms with E-state index in [1.54, 1.807) is 7.05 Å². The van der Waals surface area contributed by atoms with Crippen LogP contribution < -0.4 is 11.2 Å². The standard InChI is InChI=1S/C17H23N5O2S/c1-17(2,3)15-19-12-11(14(23)22(5)16(24)21(12)4)13(20-15)25-10-8-6-7-9-18/h6-8,10H2,1-5H3. The molecule has 0 N–H and O–H groups in total. The summed E-state index contributed by atoms with van der Waals surface area (Å²) in [6.45, 7) is 5.98. The fraction of sp³-hybridized carbons (Fsp3) is 0.588. The van der Waals surface area contributed by atoms with Gasteiger partial charge in [-0.3, -0.25) is 13.9 Å². The molecule has 25 heavy (non-hydrogen) atoms. The van der Waals surface area contributed by atoms with E-state index in [2.05, 4.69) is 16.0 Å². The maximum Gasteiger partial charge on any atom is 0.332 e. The second kappa shape index (κ2) is 7.40. The predicted molar refractivity (Wildman–Crippen MR) is 98.9 cm³/mol. The third-order valence-corrected chi connectivity index (χ3v) is 4.92. The van der Waals surface area contributed by atoms with Gasteiger partial charge in [-0.05, 0) is 18.6 Å². The molecule has 0 saturated carbocycles. The van der Waals surface area contributed by atoms with E-state index in [0.717, 1.165) is 23.2 Å². The number of aromatic nitrogens is 4. The van der Waals surface area contributed by atoms with Crippen molar-refractivity contribution < 1.29 is 0 Å². The van der Waals surface area contributed by atoms with Gasteiger partial charge in [0.1, 0.15) is 16.2 Å². The molecule has 0 aromatic carbocycles. The Hall–Kier alpha value is -2.14. The first kappa shape index (κ1) is 19.2. The Balaban J connectivity index is 2.63. The molecule has 2 rings (SSSR count). The molecule has 0 amide bonds. The number of unbranched alkanes of at least 4 members (excludes halogenated alkanes) is 2. The number of nitriles is 1. The number of thioether (sulfide) groups is 1. The molecule has 0 fully saturated rings. The van der Waals surface area contributed by atoms with Gasteiger partial charge in [-0.15, -0.1) is 11.8 Å². The smallest absolute Gasteiger partial charge is 0.280 e. The molecule has 134 valence electrons. The van der Waals surface area contributed by atoms with Crippen LogP contribution in [0.1, 0.15) is 45.9 Å². The molecule has 7 nitrogen and oxygen atoms in total. The predicted octanol–water partition coefficient (Wildman–Crippen LogP) is 2.11. The van der Waals surface area contributed by atoms with Crippen LogP contribution in [-0.4, -0.2) is 24.9 Å². The zero-order valence-electron chi connectivity index (χ0n) is 15.3. The third kappa shape index (κ3) is 3.93. The largest absolute Gasteiger partial charge is 0.332 e. The second-order valence-corrected chi connectivity index (χ2v) is 8.05. The Morgan fingerprint density at radius 2 is 1.80 bits per heavy atom. The Morgan fingerprint density at radius 1 is 1.12 bits per heavy atom. The van der Waals surface area contributed by atoms with Gasteiger partial charge in [0.15, 0.2) is 5.65 Å². The zero-order chi connectivity index (χ0) is 18.8. The van der Waals surface area contributed by atoms with Crippen molar-refractivity contribution in [3.05, 3.63) is 26.7 Å². The fourth-order valence-corrected chi connectivity index (χ4v) is 3.36. The van der Waals surface area contributed by atoms with Crippen LogP contribution in [0.2, 0.25) is 0 Å². The van der Waals surface area contributed by atoms with Gasteiger partial charge in [0.05, 0.1) is 6.07 Å². The van der Waals surface area contributed by atoms with Crippen molar-refractivity contribution in [2.24, 2.45) is 14.1 Å². The molecule has 0 radical (unpaired) electrons. The SMILES string of the molecule is Cn1c(=O)c2c(SCCCCC#N)nc(C(C)(C)C)nc2n(C)c1=O. The first-order valence-corrected chi connectivity index (χ1v) is 9.15. The van der Waals surface area contributed by atoms with Gasteiger partial charge in [0.2, 0.25) is 0 Å². The summed E-state index contributed by atoms with van der Waals surface area (Å²) in [5.41, 5.74) is -0.715. The molecule has 2 aromatic rings. The average Bonchev–Trinajstić information content (AvgIpc) is 2.56. The molecule has 0 unspecified atom stereocenters. The summed E-state index contributed by atoms with van der Waals surface area (Å²) in [4.78, 5) is 34.0. The second-order valence-electron chi connectivity index (χ2n) is 6.97. The van der Waals surface area contributed by atoms with Crippen molar-refractivity contribution in [3.8, 4) is 6.07 Å². The van der Waals surface area contributed by atoms with E-state index in [1.165, 1.54) is 23.4 Å². The minimum absolute atomic E-state index is 0.304. The highest BCUT2D eigenvalue weighted by atomic mass is 32.2. The Labute approximate surface area is 150 Å². The maximum atomic E-state index is 12.6. The van der Waals surface area contributed by atoms with Crippen molar-refractivity contribution in [2.75, 3.05) is 5.75 Å². The molecule has 0 aliphatic heterocycles. The quantitative estimate of drug-likeness (QED) is 0.460. The molecule has 0 aliphatic carbocycles. The van der Waals surface area contributed by atoms with Crippen molar-refractivity contribution in [2.45, 2.75) is 50.5 Å². The molecule has 8 heteroatoms. The van der Waals surface area contributed by atoms with E-state index in [9.17, 15) is 9.59 Å². The van der Waals surface area contributed by atoms with Crippen LogP contribution in [0.15, 0.2) is 14.6 Å². The zero-order valence-corrected chi connectivity index (χ0v) is 16.1. The minimum Gasteiger partial charge on any atom is -0.280 e. The Kier molecular flexibility index (Phi) is 5.68. The van der Waals surface area contributed by atoms with Gasteiger partial charge < -0.3 is 0 Å². The van der Waals surface area contributed by atoms with Crippen LogP contribution in [0.5, 0.6) is 0 Å². The highest BCUT2D eigenvalue weighted by Gasteiger charge is 2.23. The van der Waals surface area contributed by atoms with Gasteiger partial charge in [-0.25, -0.2) is 14.8 Å². The lowest BCUT2D eigenvalue weighted by Gasteiger charge is -2.19. The monoisotopic (exact) mass is 361 g/mol. The van der Waals surface area contributed by atoms with E-state index in [-0.39, 0.29) is 11.0 Å². The fourth-order valence-electron chi connectivity index (χ4n) is 2.34. The summed E-state index contributed by atoms with van der Waals surface area (Å²) in [6.07, 6.45) is 2.20. The molecular formula is C17H23N5O2S. The van der Waals surface area contributed by atoms with E-state index >= 15 is 0 Å². The van der Waals surface area contributed by atoms with Crippen LogP contribution in [0.4, 0.5) is 0 Å². The summed E-state index contributed by atoms with van der Waals surface area (Å²) < 4.78 is 2.48. The lowest BCUT2D eigenvalue weighted by molar-refractivity contribution is 0.539. The lowest BCUT2D eigenvalue weighted by atomic mass is 9.96. The molecule has 0 aliphatic rings. The van der Waals surface area contributed by atoms with Gasteiger partial charge in [-0.2, -0.15) is 5.26 Å². The highest BCUT2D eigenvalue weighted by molar-refractivity contribution is 7.99. The van der Waals surface area contributed by atoms with Crippen molar-refractivity contribution >= 4 is 22.8 Å². The summed E-state index contributed by atoms with van der Waals surface area (Å²) >= 11 is 1.48. The Bertz CT molecular complexity index is 947. The molecule has 0 atom stereocenters. The number of hydrogen-bond donors (Lipinski definition) is 0. The summed E-state index contributed by atoms with van der Waals surface area (Å²) in [7, 11) is 3.08. The molecule has 2 heterocycles. The molecule has 0 saturated heterocycles. The summed E-state index contributed by atoms with van der Waals surface area (Å²) in [6, 6.07) is 2.13. The number of fused-ring (bicyclic) bond motifs is 1. The van der Waals surface area contributed by atoms with Gasteiger partial charge >= 0.3 is 5.69 Å². The van der Waals surface area contributed by atoms with Crippen LogP contribution in [-0.2, 0) is 19.5 Å².